The van der Waals surface area contributed by atoms with E-state index in [1.54, 1.807) is 13.2 Å². The van der Waals surface area contributed by atoms with Crippen LogP contribution in [0.4, 0.5) is 0 Å². The van der Waals surface area contributed by atoms with Crippen molar-refractivity contribution in [2.24, 2.45) is 0 Å². The van der Waals surface area contributed by atoms with Crippen molar-refractivity contribution in [1.29, 1.82) is 0 Å². The minimum absolute atomic E-state index is 0.0546. The fraction of sp³-hybridized carbons (Fsp3) is 0.562. The minimum Gasteiger partial charge on any atom is -0.496 e. The number of carbonyl (C=O) groups is 1. The average molecular weight is 311 g/mol. The summed E-state index contributed by atoms with van der Waals surface area (Å²) in [5, 5.41) is 3.60. The van der Waals surface area contributed by atoms with Gasteiger partial charge in [-0.15, -0.1) is 0 Å². The molecule has 4 nitrogen and oxygen atoms in total. The van der Waals surface area contributed by atoms with Crippen molar-refractivity contribution in [2.45, 2.75) is 32.2 Å². The molecule has 1 heterocycles. The van der Waals surface area contributed by atoms with E-state index in [2.05, 4.69) is 10.2 Å². The highest BCUT2D eigenvalue weighted by Gasteiger charge is 2.13. The molecule has 1 aliphatic rings. The number of methoxy groups -OCH3 is 1. The topological polar surface area (TPSA) is 41.6 Å². The summed E-state index contributed by atoms with van der Waals surface area (Å²) in [7, 11) is 1.62. The Morgan fingerprint density at radius 1 is 1.29 bits per heavy atom. The molecular weight excluding hydrogens is 288 g/mol. The number of carbonyl (C=O) groups excluding carboxylic acids is 1. The molecule has 2 rings (SSSR count). The van der Waals surface area contributed by atoms with Crippen molar-refractivity contribution < 1.29 is 9.53 Å². The van der Waals surface area contributed by atoms with Gasteiger partial charge in [0.2, 0.25) is 5.91 Å². The lowest BCUT2D eigenvalue weighted by molar-refractivity contribution is -0.122. The number of nitrogens with one attached hydrogen (secondary N) is 1. The average Bonchev–Trinajstić information content (AvgIpc) is 2.74. The molecule has 0 radical (unpaired) electrons. The van der Waals surface area contributed by atoms with Gasteiger partial charge in [-0.1, -0.05) is 24.4 Å². The minimum atomic E-state index is 0.0546. The van der Waals surface area contributed by atoms with Gasteiger partial charge in [-0.2, -0.15) is 0 Å². The Labute approximate surface area is 131 Å². The van der Waals surface area contributed by atoms with E-state index >= 15 is 0 Å². The van der Waals surface area contributed by atoms with E-state index in [0.29, 0.717) is 18.1 Å². The summed E-state index contributed by atoms with van der Waals surface area (Å²) in [5.41, 5.74) is 0.897. The number of nitrogens with zero attached hydrogens (tertiary/aromatic N) is 1. The molecule has 0 saturated carbocycles. The Morgan fingerprint density at radius 2 is 2.00 bits per heavy atom. The van der Waals surface area contributed by atoms with Crippen LogP contribution in [0.5, 0.6) is 5.75 Å². The second-order valence-electron chi connectivity index (χ2n) is 5.42. The number of likely N-dealkylation sites (tertiary alicyclic amines) is 1. The molecule has 0 bridgehead atoms. The number of ether oxygens (including phenoxy) is 1. The Bertz CT molecular complexity index is 471. The first-order valence-electron chi connectivity index (χ1n) is 7.50. The van der Waals surface area contributed by atoms with Crippen molar-refractivity contribution in [3.8, 4) is 5.75 Å². The van der Waals surface area contributed by atoms with Gasteiger partial charge in [-0.3, -0.25) is 9.69 Å². The number of rotatable bonds is 5. The van der Waals surface area contributed by atoms with Gasteiger partial charge in [-0.05, 0) is 44.1 Å². The van der Waals surface area contributed by atoms with E-state index in [-0.39, 0.29) is 5.91 Å². The summed E-state index contributed by atoms with van der Waals surface area (Å²) in [5.74, 6) is 0.799. The lowest BCUT2D eigenvalue weighted by Crippen LogP contribution is -2.37. The number of amides is 1. The van der Waals surface area contributed by atoms with E-state index in [4.69, 9.17) is 16.3 Å². The van der Waals surface area contributed by atoms with Gasteiger partial charge in [0.05, 0.1) is 13.7 Å². The standard InChI is InChI=1S/C16H23ClN2O2/c1-21-15-7-6-14(17)10-13(15)11-18-16(20)12-19-8-4-2-3-5-9-19/h6-7,10H,2-5,8-9,11-12H2,1H3,(H,18,20). The molecule has 0 spiro atoms. The molecular formula is C16H23ClN2O2. The molecule has 0 aromatic heterocycles. The van der Waals surface area contributed by atoms with Crippen LogP contribution in [0.1, 0.15) is 31.2 Å². The predicted octanol–water partition coefficient (Wildman–Crippen LogP) is 2.84. The van der Waals surface area contributed by atoms with E-state index in [9.17, 15) is 4.79 Å². The number of benzene rings is 1. The third kappa shape index (κ3) is 5.21. The van der Waals surface area contributed by atoms with Gasteiger partial charge >= 0.3 is 0 Å². The van der Waals surface area contributed by atoms with Crippen LogP contribution in [0.3, 0.4) is 0 Å². The Morgan fingerprint density at radius 3 is 2.67 bits per heavy atom. The van der Waals surface area contributed by atoms with Crippen molar-refractivity contribution in [2.75, 3.05) is 26.7 Å². The summed E-state index contributed by atoms with van der Waals surface area (Å²) in [4.78, 5) is 14.3. The zero-order valence-electron chi connectivity index (χ0n) is 12.5. The van der Waals surface area contributed by atoms with Gasteiger partial charge in [0.15, 0.2) is 0 Å². The number of hydrogen-bond donors (Lipinski definition) is 1. The Hall–Kier alpha value is -1.26. The van der Waals surface area contributed by atoms with Crippen molar-refractivity contribution >= 4 is 17.5 Å². The fourth-order valence-corrected chi connectivity index (χ4v) is 2.83. The molecule has 1 aromatic rings. The highest BCUT2D eigenvalue weighted by atomic mass is 35.5. The van der Waals surface area contributed by atoms with E-state index in [1.807, 2.05) is 12.1 Å². The van der Waals surface area contributed by atoms with E-state index < -0.39 is 0 Å². The van der Waals surface area contributed by atoms with Gasteiger partial charge in [-0.25, -0.2) is 0 Å². The molecule has 1 N–H and O–H groups in total. The summed E-state index contributed by atoms with van der Waals surface area (Å²) in [6, 6.07) is 5.42. The predicted molar refractivity (Wildman–Crippen MR) is 84.8 cm³/mol. The van der Waals surface area contributed by atoms with Gasteiger partial charge in [0.25, 0.3) is 0 Å². The zero-order valence-corrected chi connectivity index (χ0v) is 13.3. The molecule has 0 aliphatic carbocycles. The first-order chi connectivity index (χ1) is 10.2. The lowest BCUT2D eigenvalue weighted by Gasteiger charge is -2.19. The smallest absolute Gasteiger partial charge is 0.234 e. The van der Waals surface area contributed by atoms with Crippen LogP contribution in [0, 0.1) is 0 Å². The number of hydrogen-bond acceptors (Lipinski definition) is 3. The van der Waals surface area contributed by atoms with Crippen LogP contribution < -0.4 is 10.1 Å². The lowest BCUT2D eigenvalue weighted by atomic mass is 10.2. The van der Waals surface area contributed by atoms with E-state index in [1.165, 1.54) is 25.7 Å². The second kappa shape index (κ2) is 8.25. The third-order valence-corrected chi connectivity index (χ3v) is 4.02. The van der Waals surface area contributed by atoms with Crippen LogP contribution in [0.15, 0.2) is 18.2 Å². The summed E-state index contributed by atoms with van der Waals surface area (Å²) < 4.78 is 5.28. The molecule has 1 fully saturated rings. The number of halogens is 1. The van der Waals surface area contributed by atoms with Crippen LogP contribution in [-0.4, -0.2) is 37.6 Å². The van der Waals surface area contributed by atoms with Crippen LogP contribution in [0.2, 0.25) is 5.02 Å². The van der Waals surface area contributed by atoms with Crippen LogP contribution in [0.25, 0.3) is 0 Å². The monoisotopic (exact) mass is 310 g/mol. The largest absolute Gasteiger partial charge is 0.496 e. The normalized spacial score (nSPS) is 16.3. The molecule has 116 valence electrons. The van der Waals surface area contributed by atoms with Crippen molar-refractivity contribution in [1.82, 2.24) is 10.2 Å². The highest BCUT2D eigenvalue weighted by molar-refractivity contribution is 6.30. The molecule has 1 aromatic carbocycles. The summed E-state index contributed by atoms with van der Waals surface area (Å²) in [6.07, 6.45) is 4.93. The second-order valence-corrected chi connectivity index (χ2v) is 5.86. The molecule has 21 heavy (non-hydrogen) atoms. The zero-order chi connectivity index (χ0) is 15.1. The van der Waals surface area contributed by atoms with E-state index in [0.717, 1.165) is 24.4 Å². The van der Waals surface area contributed by atoms with Crippen molar-refractivity contribution in [3.63, 3.8) is 0 Å². The quantitative estimate of drug-likeness (QED) is 0.909. The molecule has 0 atom stereocenters. The van der Waals surface area contributed by atoms with Crippen LogP contribution in [-0.2, 0) is 11.3 Å². The summed E-state index contributed by atoms with van der Waals surface area (Å²) >= 11 is 5.99. The van der Waals surface area contributed by atoms with Gasteiger partial charge in [0, 0.05) is 17.1 Å². The molecule has 1 aliphatic heterocycles. The first-order valence-corrected chi connectivity index (χ1v) is 7.88. The molecule has 0 unspecified atom stereocenters. The SMILES string of the molecule is COc1ccc(Cl)cc1CNC(=O)CN1CCCCCC1. The van der Waals surface area contributed by atoms with Gasteiger partial charge in [0.1, 0.15) is 5.75 Å². The summed E-state index contributed by atoms with van der Waals surface area (Å²) in [6.45, 7) is 2.96. The van der Waals surface area contributed by atoms with Crippen LogP contribution >= 0.6 is 11.6 Å². The first kappa shape index (κ1) is 16.1. The highest BCUT2D eigenvalue weighted by Crippen LogP contribution is 2.22. The fourth-order valence-electron chi connectivity index (χ4n) is 2.63. The third-order valence-electron chi connectivity index (χ3n) is 3.78. The molecule has 1 saturated heterocycles. The molecule has 1 amide bonds. The Balaban J connectivity index is 1.84. The Kier molecular flexibility index (Phi) is 6.33. The maximum atomic E-state index is 12.1. The maximum absolute atomic E-state index is 12.1. The maximum Gasteiger partial charge on any atom is 0.234 e. The van der Waals surface area contributed by atoms with Gasteiger partial charge < -0.3 is 10.1 Å². The molecule has 5 heteroatoms. The van der Waals surface area contributed by atoms with Crippen molar-refractivity contribution in [3.05, 3.63) is 28.8 Å².